The Hall–Kier alpha value is -0.920. The largest absolute Gasteiger partial charge is 0.339 e. The van der Waals surface area contributed by atoms with Crippen molar-refractivity contribution in [3.8, 4) is 0 Å². The number of aromatic nitrogens is 2. The van der Waals surface area contributed by atoms with Crippen LogP contribution in [0.25, 0.3) is 0 Å². The van der Waals surface area contributed by atoms with Gasteiger partial charge in [0.15, 0.2) is 5.03 Å². The first kappa shape index (κ1) is 15.5. The molecule has 1 aromatic heterocycles. The first-order valence-electron chi connectivity index (χ1n) is 7.11. The van der Waals surface area contributed by atoms with E-state index in [1.807, 2.05) is 13.8 Å². The predicted molar refractivity (Wildman–Crippen MR) is 77.8 cm³/mol. The van der Waals surface area contributed by atoms with Crippen LogP contribution in [0.15, 0.2) is 17.6 Å². The fourth-order valence-corrected chi connectivity index (χ4v) is 4.11. The number of rotatable bonds is 6. The van der Waals surface area contributed by atoms with E-state index in [1.54, 1.807) is 22.1 Å². The molecule has 6 nitrogen and oxygen atoms in total. The Bertz CT molecular complexity index is 532. The summed E-state index contributed by atoms with van der Waals surface area (Å²) in [6.07, 6.45) is 5.23. The third-order valence-electron chi connectivity index (χ3n) is 3.44. The molecular weight excluding hydrogens is 276 g/mol. The molecular formula is C13H24N4O2S. The Balaban J connectivity index is 2.19. The molecule has 1 aliphatic rings. The van der Waals surface area contributed by atoms with Crippen LogP contribution in [0.3, 0.4) is 0 Å². The minimum atomic E-state index is -3.50. The average Bonchev–Trinajstić information content (AvgIpc) is 2.99. The second-order valence-electron chi connectivity index (χ2n) is 5.89. The molecule has 2 rings (SSSR count). The van der Waals surface area contributed by atoms with E-state index in [-0.39, 0.29) is 17.0 Å². The number of nitrogens with zero attached hydrogens (tertiary/aromatic N) is 3. The van der Waals surface area contributed by atoms with Crippen LogP contribution in [-0.4, -0.2) is 48.0 Å². The monoisotopic (exact) mass is 300 g/mol. The van der Waals surface area contributed by atoms with Gasteiger partial charge in [0, 0.05) is 32.4 Å². The first-order valence-corrected chi connectivity index (χ1v) is 8.55. The van der Waals surface area contributed by atoms with Crippen molar-refractivity contribution >= 4 is 10.0 Å². The van der Waals surface area contributed by atoms with Gasteiger partial charge in [-0.2, -0.15) is 4.31 Å². The SMILES string of the molecule is CC(C)CN(CC1CCCN1)S(=O)(=O)c1cn(C)cn1. The highest BCUT2D eigenvalue weighted by molar-refractivity contribution is 7.89. The molecule has 0 aliphatic carbocycles. The Morgan fingerprint density at radius 2 is 2.30 bits per heavy atom. The van der Waals surface area contributed by atoms with E-state index in [0.29, 0.717) is 13.1 Å². The van der Waals surface area contributed by atoms with E-state index >= 15 is 0 Å². The van der Waals surface area contributed by atoms with Crippen LogP contribution < -0.4 is 5.32 Å². The normalized spacial score (nSPS) is 20.1. The zero-order chi connectivity index (χ0) is 14.8. The summed E-state index contributed by atoms with van der Waals surface area (Å²) in [6.45, 7) is 6.09. The highest BCUT2D eigenvalue weighted by atomic mass is 32.2. The molecule has 0 bridgehead atoms. The highest BCUT2D eigenvalue weighted by Crippen LogP contribution is 2.17. The number of hydrogen-bond donors (Lipinski definition) is 1. The van der Waals surface area contributed by atoms with Gasteiger partial charge in [0.2, 0.25) is 0 Å². The molecule has 7 heteroatoms. The summed E-state index contributed by atoms with van der Waals surface area (Å²) in [6, 6.07) is 0.257. The maximum Gasteiger partial charge on any atom is 0.262 e. The minimum Gasteiger partial charge on any atom is -0.339 e. The van der Waals surface area contributed by atoms with Crippen LogP contribution in [0.4, 0.5) is 0 Å². The van der Waals surface area contributed by atoms with Gasteiger partial charge in [0.05, 0.1) is 6.33 Å². The van der Waals surface area contributed by atoms with Crippen molar-refractivity contribution in [2.24, 2.45) is 13.0 Å². The van der Waals surface area contributed by atoms with E-state index in [1.165, 1.54) is 6.33 Å². The van der Waals surface area contributed by atoms with Crippen LogP contribution in [-0.2, 0) is 17.1 Å². The van der Waals surface area contributed by atoms with E-state index in [2.05, 4.69) is 10.3 Å². The van der Waals surface area contributed by atoms with Crippen LogP contribution in [0, 0.1) is 5.92 Å². The van der Waals surface area contributed by atoms with Crippen LogP contribution >= 0.6 is 0 Å². The van der Waals surface area contributed by atoms with E-state index in [0.717, 1.165) is 19.4 Å². The summed E-state index contributed by atoms with van der Waals surface area (Å²) in [4.78, 5) is 4.00. The number of hydrogen-bond acceptors (Lipinski definition) is 4. The number of imidazole rings is 1. The van der Waals surface area contributed by atoms with Gasteiger partial charge >= 0.3 is 0 Å². The fourth-order valence-electron chi connectivity index (χ4n) is 2.49. The van der Waals surface area contributed by atoms with Crippen LogP contribution in [0.1, 0.15) is 26.7 Å². The van der Waals surface area contributed by atoms with E-state index in [9.17, 15) is 8.42 Å². The molecule has 2 heterocycles. The Labute approximate surface area is 121 Å². The molecule has 1 unspecified atom stereocenters. The van der Waals surface area contributed by atoms with Gasteiger partial charge in [-0.15, -0.1) is 0 Å². The quantitative estimate of drug-likeness (QED) is 0.844. The van der Waals surface area contributed by atoms with Gasteiger partial charge in [0.25, 0.3) is 10.0 Å². The molecule has 1 N–H and O–H groups in total. The average molecular weight is 300 g/mol. The van der Waals surface area contributed by atoms with Gasteiger partial charge in [0.1, 0.15) is 0 Å². The molecule has 1 fully saturated rings. The Morgan fingerprint density at radius 3 is 2.80 bits per heavy atom. The van der Waals surface area contributed by atoms with Gasteiger partial charge in [-0.1, -0.05) is 13.8 Å². The van der Waals surface area contributed by atoms with Crippen molar-refractivity contribution in [2.75, 3.05) is 19.6 Å². The van der Waals surface area contributed by atoms with Crippen molar-refractivity contribution in [2.45, 2.75) is 37.8 Å². The lowest BCUT2D eigenvalue weighted by atomic mass is 10.2. The Kier molecular flexibility index (Phi) is 4.82. The van der Waals surface area contributed by atoms with Crippen LogP contribution in [0.2, 0.25) is 0 Å². The third-order valence-corrected chi connectivity index (χ3v) is 5.16. The number of nitrogens with one attached hydrogen (secondary N) is 1. The zero-order valence-corrected chi connectivity index (χ0v) is 13.2. The lowest BCUT2D eigenvalue weighted by Gasteiger charge is -2.25. The summed E-state index contributed by atoms with van der Waals surface area (Å²) in [5.41, 5.74) is 0. The molecule has 0 radical (unpaired) electrons. The molecule has 1 atom stereocenters. The summed E-state index contributed by atoms with van der Waals surface area (Å²) in [5, 5.41) is 3.49. The topological polar surface area (TPSA) is 67.2 Å². The summed E-state index contributed by atoms with van der Waals surface area (Å²) in [7, 11) is -1.73. The zero-order valence-electron chi connectivity index (χ0n) is 12.4. The lowest BCUT2D eigenvalue weighted by molar-refractivity contribution is 0.335. The van der Waals surface area contributed by atoms with Gasteiger partial charge < -0.3 is 9.88 Å². The summed E-state index contributed by atoms with van der Waals surface area (Å²) in [5.74, 6) is 0.287. The molecule has 114 valence electrons. The van der Waals surface area contributed by atoms with E-state index in [4.69, 9.17) is 0 Å². The van der Waals surface area contributed by atoms with Crippen LogP contribution in [0.5, 0.6) is 0 Å². The predicted octanol–water partition coefficient (Wildman–Crippen LogP) is 0.819. The van der Waals surface area contributed by atoms with Crippen molar-refractivity contribution < 1.29 is 8.42 Å². The van der Waals surface area contributed by atoms with Crippen molar-refractivity contribution in [3.05, 3.63) is 12.5 Å². The minimum absolute atomic E-state index is 0.138. The highest BCUT2D eigenvalue weighted by Gasteiger charge is 2.30. The van der Waals surface area contributed by atoms with Crippen molar-refractivity contribution in [1.82, 2.24) is 19.2 Å². The van der Waals surface area contributed by atoms with E-state index < -0.39 is 10.0 Å². The van der Waals surface area contributed by atoms with Crippen molar-refractivity contribution in [3.63, 3.8) is 0 Å². The standard InChI is InChI=1S/C13H24N4O2S/c1-11(2)7-17(8-12-5-4-6-14-12)20(18,19)13-9-16(3)10-15-13/h9-12,14H,4-8H2,1-3H3. The number of aryl methyl sites for hydroxylation is 1. The lowest BCUT2D eigenvalue weighted by Crippen LogP contribution is -2.42. The molecule has 1 aliphatic heterocycles. The molecule has 20 heavy (non-hydrogen) atoms. The first-order chi connectivity index (χ1) is 9.39. The van der Waals surface area contributed by atoms with Gasteiger partial charge in [-0.3, -0.25) is 0 Å². The number of sulfonamides is 1. The summed E-state index contributed by atoms with van der Waals surface area (Å²) < 4.78 is 28.6. The smallest absolute Gasteiger partial charge is 0.262 e. The molecule has 1 saturated heterocycles. The molecule has 0 saturated carbocycles. The molecule has 1 aromatic rings. The third kappa shape index (κ3) is 3.59. The maximum absolute atomic E-state index is 12.7. The second kappa shape index (κ2) is 6.24. The van der Waals surface area contributed by atoms with Gasteiger partial charge in [-0.05, 0) is 25.3 Å². The molecule has 0 amide bonds. The van der Waals surface area contributed by atoms with Crippen molar-refractivity contribution in [1.29, 1.82) is 0 Å². The molecule has 0 aromatic carbocycles. The summed E-state index contributed by atoms with van der Waals surface area (Å²) >= 11 is 0. The second-order valence-corrected chi connectivity index (χ2v) is 7.77. The Morgan fingerprint density at radius 1 is 1.55 bits per heavy atom. The fraction of sp³-hybridized carbons (Fsp3) is 0.769. The molecule has 0 spiro atoms. The van der Waals surface area contributed by atoms with Gasteiger partial charge in [-0.25, -0.2) is 13.4 Å². The maximum atomic E-state index is 12.7.